The minimum atomic E-state index is -0.151. The summed E-state index contributed by atoms with van der Waals surface area (Å²) in [5, 5.41) is 0.232. The number of halogens is 1. The molecule has 102 valence electrons. The van der Waals surface area contributed by atoms with Crippen molar-refractivity contribution in [3.63, 3.8) is 0 Å². The predicted molar refractivity (Wildman–Crippen MR) is 76.6 cm³/mol. The fourth-order valence-electron chi connectivity index (χ4n) is 2.70. The van der Waals surface area contributed by atoms with Gasteiger partial charge in [-0.15, -0.1) is 0 Å². The molecular weight excluding hydrogens is 274 g/mol. The van der Waals surface area contributed by atoms with Gasteiger partial charge in [0.05, 0.1) is 18.4 Å². The number of carbonyl (C=O) groups excluding carboxylic acids is 1. The second-order valence-corrected chi connectivity index (χ2v) is 5.28. The van der Waals surface area contributed by atoms with Gasteiger partial charge >= 0.3 is 0 Å². The third-order valence-electron chi connectivity index (χ3n) is 3.71. The van der Waals surface area contributed by atoms with Gasteiger partial charge in [0, 0.05) is 7.05 Å². The van der Waals surface area contributed by atoms with Crippen molar-refractivity contribution in [1.29, 1.82) is 0 Å². The zero-order chi connectivity index (χ0) is 14.1. The third kappa shape index (κ3) is 2.27. The Morgan fingerprint density at radius 3 is 2.95 bits per heavy atom. The van der Waals surface area contributed by atoms with E-state index in [1.165, 1.54) is 23.5 Å². The Hall–Kier alpha value is -1.94. The van der Waals surface area contributed by atoms with Crippen LogP contribution in [0.15, 0.2) is 36.7 Å². The molecule has 20 heavy (non-hydrogen) atoms. The number of aryl methyl sites for hydroxylation is 1. The van der Waals surface area contributed by atoms with Crippen LogP contribution >= 0.6 is 11.6 Å². The van der Waals surface area contributed by atoms with Crippen molar-refractivity contribution in [3.8, 4) is 0 Å². The van der Waals surface area contributed by atoms with E-state index in [4.69, 9.17) is 11.6 Å². The number of fused-ring (bicyclic) bond motifs is 1. The fourth-order valence-corrected chi connectivity index (χ4v) is 2.85. The highest BCUT2D eigenvalue weighted by atomic mass is 35.5. The normalized spacial score (nSPS) is 16.8. The highest BCUT2D eigenvalue weighted by Gasteiger charge is 2.29. The zero-order valence-electron chi connectivity index (χ0n) is 11.1. The molecule has 4 nitrogen and oxygen atoms in total. The lowest BCUT2D eigenvalue weighted by molar-refractivity contribution is 0.0724. The van der Waals surface area contributed by atoms with Crippen molar-refractivity contribution >= 4 is 17.5 Å². The van der Waals surface area contributed by atoms with Gasteiger partial charge in [-0.05, 0) is 24.0 Å². The second-order valence-electron chi connectivity index (χ2n) is 4.90. The van der Waals surface area contributed by atoms with E-state index in [1.54, 1.807) is 11.9 Å². The summed E-state index contributed by atoms with van der Waals surface area (Å²) >= 11 is 5.79. The van der Waals surface area contributed by atoms with Crippen molar-refractivity contribution in [2.75, 3.05) is 7.05 Å². The van der Waals surface area contributed by atoms with Crippen LogP contribution in [0.3, 0.4) is 0 Å². The van der Waals surface area contributed by atoms with Gasteiger partial charge in [0.25, 0.3) is 5.91 Å². The molecule has 0 bridgehead atoms. The number of hydrogen-bond donors (Lipinski definition) is 0. The van der Waals surface area contributed by atoms with E-state index in [-0.39, 0.29) is 22.8 Å². The summed E-state index contributed by atoms with van der Waals surface area (Å²) in [4.78, 5) is 22.1. The molecule has 2 aromatic rings. The lowest BCUT2D eigenvalue weighted by Crippen LogP contribution is -2.30. The zero-order valence-corrected chi connectivity index (χ0v) is 11.8. The van der Waals surface area contributed by atoms with Crippen LogP contribution in [0.5, 0.6) is 0 Å². The Morgan fingerprint density at radius 1 is 1.35 bits per heavy atom. The van der Waals surface area contributed by atoms with Crippen molar-refractivity contribution in [2.45, 2.75) is 18.9 Å². The monoisotopic (exact) mass is 287 g/mol. The Balaban J connectivity index is 1.87. The third-order valence-corrected chi connectivity index (χ3v) is 3.90. The van der Waals surface area contributed by atoms with Crippen LogP contribution < -0.4 is 0 Å². The quantitative estimate of drug-likeness (QED) is 0.853. The molecule has 0 saturated carbocycles. The molecular formula is C15H14ClN3O. The predicted octanol–water partition coefficient (Wildman–Crippen LogP) is 2.89. The smallest absolute Gasteiger partial charge is 0.274 e. The molecule has 5 heteroatoms. The molecule has 1 atom stereocenters. The average molecular weight is 288 g/mol. The van der Waals surface area contributed by atoms with E-state index >= 15 is 0 Å². The summed E-state index contributed by atoms with van der Waals surface area (Å²) in [7, 11) is 1.80. The van der Waals surface area contributed by atoms with Crippen LogP contribution in [0.4, 0.5) is 0 Å². The largest absolute Gasteiger partial charge is 0.333 e. The first-order valence-corrected chi connectivity index (χ1v) is 6.87. The molecule has 0 saturated heterocycles. The van der Waals surface area contributed by atoms with Gasteiger partial charge in [-0.1, -0.05) is 35.9 Å². The van der Waals surface area contributed by atoms with Crippen molar-refractivity contribution in [3.05, 3.63) is 58.6 Å². The molecule has 0 N–H and O–H groups in total. The van der Waals surface area contributed by atoms with Gasteiger partial charge in [-0.2, -0.15) is 0 Å². The topological polar surface area (TPSA) is 46.1 Å². The van der Waals surface area contributed by atoms with Crippen LogP contribution in [0.1, 0.15) is 34.1 Å². The summed E-state index contributed by atoms with van der Waals surface area (Å²) in [6.45, 7) is 0. The SMILES string of the molecule is CN(C(=O)c1cncc(Cl)n1)C1CCc2ccccc21. The van der Waals surface area contributed by atoms with Crippen LogP contribution in [0.2, 0.25) is 5.15 Å². The van der Waals surface area contributed by atoms with Crippen molar-refractivity contribution in [2.24, 2.45) is 0 Å². The highest BCUT2D eigenvalue weighted by Crippen LogP contribution is 2.35. The second kappa shape index (κ2) is 5.21. The Labute approximate surface area is 122 Å². The number of amides is 1. The van der Waals surface area contributed by atoms with Crippen molar-refractivity contribution in [1.82, 2.24) is 14.9 Å². The average Bonchev–Trinajstić information content (AvgIpc) is 2.89. The van der Waals surface area contributed by atoms with Crippen molar-refractivity contribution < 1.29 is 4.79 Å². The maximum absolute atomic E-state index is 12.5. The molecule has 1 aromatic carbocycles. The number of hydrogen-bond acceptors (Lipinski definition) is 3. The van der Waals surface area contributed by atoms with Gasteiger partial charge < -0.3 is 4.90 Å². The first-order chi connectivity index (χ1) is 9.66. The molecule has 0 fully saturated rings. The van der Waals surface area contributed by atoms with Gasteiger partial charge in [0.2, 0.25) is 0 Å². The number of rotatable bonds is 2. The molecule has 1 aliphatic carbocycles. The molecule has 1 amide bonds. The molecule has 1 aliphatic rings. The summed E-state index contributed by atoms with van der Waals surface area (Å²) in [5.74, 6) is -0.151. The number of carbonyl (C=O) groups is 1. The van der Waals surface area contributed by atoms with Gasteiger partial charge in [0.15, 0.2) is 0 Å². The molecule has 1 unspecified atom stereocenters. The number of nitrogens with zero attached hydrogens (tertiary/aromatic N) is 3. The van der Waals surface area contributed by atoms with Crippen LogP contribution in [0.25, 0.3) is 0 Å². The summed E-state index contributed by atoms with van der Waals surface area (Å²) in [6, 6.07) is 8.34. The molecule has 0 radical (unpaired) electrons. The van der Waals surface area contributed by atoms with Gasteiger partial charge in [0.1, 0.15) is 10.8 Å². The maximum atomic E-state index is 12.5. The minimum Gasteiger partial charge on any atom is -0.333 e. The van der Waals surface area contributed by atoms with Gasteiger partial charge in [-0.3, -0.25) is 9.78 Å². The molecule has 3 rings (SSSR count). The van der Waals surface area contributed by atoms with Gasteiger partial charge in [-0.25, -0.2) is 4.98 Å². The molecule has 1 aromatic heterocycles. The standard InChI is InChI=1S/C15H14ClN3O/c1-19(15(20)12-8-17-9-14(16)18-12)13-7-6-10-4-2-3-5-11(10)13/h2-5,8-9,13H,6-7H2,1H3. The minimum absolute atomic E-state index is 0.0967. The van der Waals surface area contributed by atoms with Crippen LogP contribution in [-0.2, 0) is 6.42 Å². The first kappa shape index (κ1) is 13.1. The maximum Gasteiger partial charge on any atom is 0.274 e. The van der Waals surface area contributed by atoms with E-state index in [1.807, 2.05) is 12.1 Å². The van der Waals surface area contributed by atoms with E-state index in [0.29, 0.717) is 0 Å². The Morgan fingerprint density at radius 2 is 2.15 bits per heavy atom. The highest BCUT2D eigenvalue weighted by molar-refractivity contribution is 6.29. The van der Waals surface area contributed by atoms with Crippen LogP contribution in [-0.4, -0.2) is 27.8 Å². The Kier molecular flexibility index (Phi) is 3.40. The summed E-state index contributed by atoms with van der Waals surface area (Å²) in [5.41, 5.74) is 2.82. The lowest BCUT2D eigenvalue weighted by Gasteiger charge is -2.25. The number of benzene rings is 1. The molecule has 0 spiro atoms. The fraction of sp³-hybridized carbons (Fsp3) is 0.267. The first-order valence-electron chi connectivity index (χ1n) is 6.49. The summed E-state index contributed by atoms with van der Waals surface area (Å²) < 4.78 is 0. The van der Waals surface area contributed by atoms with E-state index in [9.17, 15) is 4.79 Å². The van der Waals surface area contributed by atoms with E-state index in [0.717, 1.165) is 12.8 Å². The molecule has 1 heterocycles. The number of aromatic nitrogens is 2. The van der Waals surface area contributed by atoms with Crippen LogP contribution in [0, 0.1) is 0 Å². The lowest BCUT2D eigenvalue weighted by atomic mass is 10.1. The van der Waals surface area contributed by atoms with E-state index < -0.39 is 0 Å². The Bertz CT molecular complexity index is 659. The van der Waals surface area contributed by atoms with E-state index in [2.05, 4.69) is 22.1 Å². The molecule has 0 aliphatic heterocycles. The summed E-state index contributed by atoms with van der Waals surface area (Å²) in [6.07, 6.45) is 4.81.